The SMILES string of the molecule is Cc1c(F)ccc(C2CCC(C(F)(F)F)C2)c1C. The highest BCUT2D eigenvalue weighted by Crippen LogP contribution is 2.46. The molecule has 1 aromatic rings. The summed E-state index contributed by atoms with van der Waals surface area (Å²) in [6.45, 7) is 3.46. The summed E-state index contributed by atoms with van der Waals surface area (Å²) in [5.41, 5.74) is 2.21. The van der Waals surface area contributed by atoms with Gasteiger partial charge in [0.05, 0.1) is 5.92 Å². The summed E-state index contributed by atoms with van der Waals surface area (Å²) in [6.07, 6.45) is -3.24. The molecule has 0 bridgehead atoms. The van der Waals surface area contributed by atoms with Crippen LogP contribution >= 0.6 is 0 Å². The molecule has 4 heteroatoms. The molecule has 1 aliphatic rings. The predicted molar refractivity (Wildman–Crippen MR) is 62.0 cm³/mol. The first-order valence-electron chi connectivity index (χ1n) is 6.13. The van der Waals surface area contributed by atoms with E-state index in [-0.39, 0.29) is 24.6 Å². The molecule has 0 spiro atoms. The average Bonchev–Trinajstić information content (AvgIpc) is 2.75. The van der Waals surface area contributed by atoms with Crippen molar-refractivity contribution >= 4 is 0 Å². The van der Waals surface area contributed by atoms with Gasteiger partial charge in [-0.15, -0.1) is 0 Å². The van der Waals surface area contributed by atoms with Gasteiger partial charge in [-0.3, -0.25) is 0 Å². The van der Waals surface area contributed by atoms with E-state index in [0.717, 1.165) is 11.1 Å². The molecule has 2 atom stereocenters. The van der Waals surface area contributed by atoms with Gasteiger partial charge in [0.15, 0.2) is 0 Å². The smallest absolute Gasteiger partial charge is 0.207 e. The fourth-order valence-corrected chi connectivity index (χ4v) is 2.81. The van der Waals surface area contributed by atoms with Crippen LogP contribution < -0.4 is 0 Å². The normalized spacial score (nSPS) is 24.6. The molecule has 0 saturated heterocycles. The zero-order chi connectivity index (χ0) is 13.5. The van der Waals surface area contributed by atoms with Gasteiger partial charge in [-0.25, -0.2) is 4.39 Å². The van der Waals surface area contributed by atoms with E-state index in [9.17, 15) is 17.6 Å². The molecule has 0 heterocycles. The Kier molecular flexibility index (Phi) is 3.39. The van der Waals surface area contributed by atoms with E-state index in [2.05, 4.69) is 0 Å². The van der Waals surface area contributed by atoms with Gasteiger partial charge in [0.2, 0.25) is 0 Å². The Balaban J connectivity index is 2.23. The van der Waals surface area contributed by atoms with Gasteiger partial charge >= 0.3 is 6.18 Å². The van der Waals surface area contributed by atoms with E-state index >= 15 is 0 Å². The maximum Gasteiger partial charge on any atom is 0.391 e. The maximum absolute atomic E-state index is 13.3. The van der Waals surface area contributed by atoms with Crippen LogP contribution in [-0.2, 0) is 0 Å². The first kappa shape index (κ1) is 13.4. The molecule has 0 amide bonds. The molecule has 0 radical (unpaired) electrons. The lowest BCUT2D eigenvalue weighted by molar-refractivity contribution is -0.172. The number of benzene rings is 1. The number of rotatable bonds is 1. The van der Waals surface area contributed by atoms with Crippen LogP contribution in [0.3, 0.4) is 0 Å². The molecule has 1 saturated carbocycles. The van der Waals surface area contributed by atoms with E-state index in [1.807, 2.05) is 0 Å². The maximum atomic E-state index is 13.3. The van der Waals surface area contributed by atoms with Gasteiger partial charge in [0.25, 0.3) is 0 Å². The third-order valence-corrected chi connectivity index (χ3v) is 4.10. The number of hydrogen-bond donors (Lipinski definition) is 0. The summed E-state index contributed by atoms with van der Waals surface area (Å²) in [4.78, 5) is 0. The van der Waals surface area contributed by atoms with Crippen molar-refractivity contribution in [2.24, 2.45) is 5.92 Å². The summed E-state index contributed by atoms with van der Waals surface area (Å²) in [5.74, 6) is -1.58. The Morgan fingerprint density at radius 1 is 1.06 bits per heavy atom. The molecule has 1 aliphatic carbocycles. The van der Waals surface area contributed by atoms with Crippen molar-refractivity contribution in [3.63, 3.8) is 0 Å². The Morgan fingerprint density at radius 3 is 2.28 bits per heavy atom. The molecule has 2 unspecified atom stereocenters. The largest absolute Gasteiger partial charge is 0.391 e. The highest BCUT2D eigenvalue weighted by Gasteiger charge is 2.44. The third kappa shape index (κ3) is 2.38. The summed E-state index contributed by atoms with van der Waals surface area (Å²) < 4.78 is 51.2. The second kappa shape index (κ2) is 4.56. The van der Waals surface area contributed by atoms with Crippen molar-refractivity contribution in [2.75, 3.05) is 0 Å². The van der Waals surface area contributed by atoms with Gasteiger partial charge in [0.1, 0.15) is 5.82 Å². The lowest BCUT2D eigenvalue weighted by Crippen LogP contribution is -2.19. The van der Waals surface area contributed by atoms with Gasteiger partial charge < -0.3 is 0 Å². The van der Waals surface area contributed by atoms with Crippen molar-refractivity contribution < 1.29 is 17.6 Å². The second-order valence-corrected chi connectivity index (χ2v) is 5.14. The number of alkyl halides is 3. The summed E-state index contributed by atoms with van der Waals surface area (Å²) in [7, 11) is 0. The predicted octanol–water partition coefficient (Wildman–Crippen LogP) is 4.89. The minimum absolute atomic E-state index is 0.0871. The lowest BCUT2D eigenvalue weighted by atomic mass is 9.90. The van der Waals surface area contributed by atoms with Crippen LogP contribution in [0.25, 0.3) is 0 Å². The molecule has 0 nitrogen and oxygen atoms in total. The van der Waals surface area contributed by atoms with E-state index in [4.69, 9.17) is 0 Å². The van der Waals surface area contributed by atoms with Gasteiger partial charge in [-0.2, -0.15) is 13.2 Å². The first-order chi connectivity index (χ1) is 8.30. The number of hydrogen-bond acceptors (Lipinski definition) is 0. The molecule has 18 heavy (non-hydrogen) atoms. The monoisotopic (exact) mass is 260 g/mol. The van der Waals surface area contributed by atoms with Crippen LogP contribution in [0.4, 0.5) is 17.6 Å². The van der Waals surface area contributed by atoms with Crippen LogP contribution in [0.5, 0.6) is 0 Å². The average molecular weight is 260 g/mol. The van der Waals surface area contributed by atoms with Gasteiger partial charge in [0, 0.05) is 0 Å². The Hall–Kier alpha value is -1.06. The van der Waals surface area contributed by atoms with Crippen LogP contribution in [0.15, 0.2) is 12.1 Å². The van der Waals surface area contributed by atoms with Crippen molar-refractivity contribution in [2.45, 2.75) is 45.2 Å². The molecule has 1 aromatic carbocycles. The van der Waals surface area contributed by atoms with E-state index in [0.29, 0.717) is 12.0 Å². The first-order valence-corrected chi connectivity index (χ1v) is 6.13. The topological polar surface area (TPSA) is 0 Å². The molecule has 1 fully saturated rings. The molecular formula is C14H16F4. The third-order valence-electron chi connectivity index (χ3n) is 4.10. The van der Waals surface area contributed by atoms with Crippen LogP contribution in [-0.4, -0.2) is 6.18 Å². The minimum Gasteiger partial charge on any atom is -0.207 e. The van der Waals surface area contributed by atoms with Gasteiger partial charge in [-0.05, 0) is 61.8 Å². The molecule has 0 aromatic heterocycles. The quantitative estimate of drug-likeness (QED) is 0.631. The highest BCUT2D eigenvalue weighted by atomic mass is 19.4. The standard InChI is InChI=1S/C14H16F4/c1-8-9(2)13(15)6-5-12(8)10-3-4-11(7-10)14(16,17)18/h5-6,10-11H,3-4,7H2,1-2H3. The van der Waals surface area contributed by atoms with Crippen molar-refractivity contribution in [3.05, 3.63) is 34.6 Å². The molecule has 100 valence electrons. The zero-order valence-corrected chi connectivity index (χ0v) is 10.4. The van der Waals surface area contributed by atoms with Crippen LogP contribution in [0.1, 0.15) is 41.9 Å². The molecule has 0 N–H and O–H groups in total. The van der Waals surface area contributed by atoms with Crippen LogP contribution in [0, 0.1) is 25.6 Å². The summed E-state index contributed by atoms with van der Waals surface area (Å²) in [5, 5.41) is 0. The molecule has 2 rings (SSSR count). The Labute approximate surface area is 104 Å². The van der Waals surface area contributed by atoms with E-state index in [1.165, 1.54) is 6.07 Å². The van der Waals surface area contributed by atoms with Crippen molar-refractivity contribution in [3.8, 4) is 0 Å². The zero-order valence-electron chi connectivity index (χ0n) is 10.4. The Morgan fingerprint density at radius 2 is 1.72 bits per heavy atom. The Bertz CT molecular complexity index is 448. The van der Waals surface area contributed by atoms with E-state index in [1.54, 1.807) is 19.9 Å². The number of halogens is 4. The van der Waals surface area contributed by atoms with Crippen LogP contribution in [0.2, 0.25) is 0 Å². The van der Waals surface area contributed by atoms with Gasteiger partial charge in [-0.1, -0.05) is 6.07 Å². The minimum atomic E-state index is -4.10. The van der Waals surface area contributed by atoms with Crippen molar-refractivity contribution in [1.29, 1.82) is 0 Å². The fraction of sp³-hybridized carbons (Fsp3) is 0.571. The lowest BCUT2D eigenvalue weighted by Gasteiger charge is -2.17. The van der Waals surface area contributed by atoms with Crippen molar-refractivity contribution in [1.82, 2.24) is 0 Å². The molecule has 0 aliphatic heterocycles. The summed E-state index contributed by atoms with van der Waals surface area (Å²) in [6, 6.07) is 3.00. The fourth-order valence-electron chi connectivity index (χ4n) is 2.81. The second-order valence-electron chi connectivity index (χ2n) is 5.14. The van der Waals surface area contributed by atoms with E-state index < -0.39 is 12.1 Å². The highest BCUT2D eigenvalue weighted by molar-refractivity contribution is 5.37. The summed E-state index contributed by atoms with van der Waals surface area (Å²) >= 11 is 0. The molecular weight excluding hydrogens is 244 g/mol.